The zero-order valence-corrected chi connectivity index (χ0v) is 19.7. The molecule has 3 aromatic rings. The van der Waals surface area contributed by atoms with E-state index in [4.69, 9.17) is 14.9 Å². The molecule has 1 unspecified atom stereocenters. The molecule has 0 aliphatic rings. The largest absolute Gasteiger partial charge is 0.491 e. The first-order valence-electron chi connectivity index (χ1n) is 11.2. The second-order valence-electron chi connectivity index (χ2n) is 8.19. The van der Waals surface area contributed by atoms with E-state index in [0.717, 1.165) is 11.6 Å². The Morgan fingerprint density at radius 1 is 1.00 bits per heavy atom. The number of likely N-dealkylation sites (N-methyl/N-ethyl adjacent to an activating group) is 1. The van der Waals surface area contributed by atoms with Crippen LogP contribution in [0.25, 0.3) is 11.1 Å². The van der Waals surface area contributed by atoms with Gasteiger partial charge in [-0.2, -0.15) is 13.2 Å². The van der Waals surface area contributed by atoms with Crippen molar-refractivity contribution in [1.29, 1.82) is 5.41 Å². The van der Waals surface area contributed by atoms with E-state index in [2.05, 4.69) is 0 Å². The quantitative estimate of drug-likeness (QED) is 0.289. The number of rotatable bonds is 10. The Bertz CT molecular complexity index is 1100. The lowest BCUT2D eigenvalue weighted by molar-refractivity contribution is -0.137. The standard InChI is InChI=1S/C27H29F3N2O3/c1-3-34-26(31)21-12-14-23(15-13-21)35-18-22(33)17-32(2)16-19-8-10-20(11-9-19)24-6-4-5-7-25(24)27(28,29)30/h4-15,22,31,33H,3,16-18H2,1-2H3. The number of ether oxygens (including phenoxy) is 2. The van der Waals surface area contributed by atoms with Crippen molar-refractivity contribution in [2.24, 2.45) is 0 Å². The summed E-state index contributed by atoms with van der Waals surface area (Å²) in [4.78, 5) is 1.92. The highest BCUT2D eigenvalue weighted by atomic mass is 19.4. The molecule has 5 nitrogen and oxygen atoms in total. The Hall–Kier alpha value is -3.36. The van der Waals surface area contributed by atoms with E-state index in [-0.39, 0.29) is 18.1 Å². The Morgan fingerprint density at radius 2 is 1.66 bits per heavy atom. The van der Waals surface area contributed by atoms with Gasteiger partial charge in [0, 0.05) is 18.7 Å². The molecule has 0 aliphatic carbocycles. The van der Waals surface area contributed by atoms with Crippen molar-refractivity contribution in [2.45, 2.75) is 25.7 Å². The van der Waals surface area contributed by atoms with E-state index < -0.39 is 17.8 Å². The SMILES string of the molecule is CCOC(=N)c1ccc(OCC(O)CN(C)Cc2ccc(-c3ccccc3C(F)(F)F)cc2)cc1. The maximum atomic E-state index is 13.3. The summed E-state index contributed by atoms with van der Waals surface area (Å²) in [5.41, 5.74) is 1.55. The Labute approximate surface area is 203 Å². The maximum Gasteiger partial charge on any atom is 0.417 e. The van der Waals surface area contributed by atoms with Crippen LogP contribution in [0.1, 0.15) is 23.6 Å². The molecule has 3 rings (SSSR count). The van der Waals surface area contributed by atoms with E-state index >= 15 is 0 Å². The highest BCUT2D eigenvalue weighted by molar-refractivity contribution is 5.91. The van der Waals surface area contributed by atoms with Crippen LogP contribution in [0.3, 0.4) is 0 Å². The van der Waals surface area contributed by atoms with Crippen LogP contribution in [-0.2, 0) is 17.5 Å². The molecule has 2 N–H and O–H groups in total. The molecule has 3 aromatic carbocycles. The van der Waals surface area contributed by atoms with Crippen LogP contribution < -0.4 is 4.74 Å². The van der Waals surface area contributed by atoms with Gasteiger partial charge in [0.2, 0.25) is 5.90 Å². The topological polar surface area (TPSA) is 65.8 Å². The van der Waals surface area contributed by atoms with Crippen LogP contribution in [0.5, 0.6) is 5.75 Å². The lowest BCUT2D eigenvalue weighted by atomic mass is 9.98. The number of nitrogens with one attached hydrogen (secondary N) is 1. The van der Waals surface area contributed by atoms with Crippen LogP contribution in [0, 0.1) is 5.41 Å². The summed E-state index contributed by atoms with van der Waals surface area (Å²) in [6.45, 7) is 3.21. The van der Waals surface area contributed by atoms with Crippen molar-refractivity contribution >= 4 is 5.90 Å². The van der Waals surface area contributed by atoms with E-state index in [1.165, 1.54) is 12.1 Å². The molecule has 8 heteroatoms. The fourth-order valence-corrected chi connectivity index (χ4v) is 3.68. The van der Waals surface area contributed by atoms with Gasteiger partial charge in [-0.3, -0.25) is 10.3 Å². The lowest BCUT2D eigenvalue weighted by Crippen LogP contribution is -2.32. The van der Waals surface area contributed by atoms with Crippen molar-refractivity contribution in [2.75, 3.05) is 26.8 Å². The van der Waals surface area contributed by atoms with E-state index in [0.29, 0.717) is 36.6 Å². The summed E-state index contributed by atoms with van der Waals surface area (Å²) in [5.74, 6) is 0.674. The van der Waals surface area contributed by atoms with Gasteiger partial charge in [0.15, 0.2) is 0 Å². The molecule has 35 heavy (non-hydrogen) atoms. The third-order valence-electron chi connectivity index (χ3n) is 5.32. The molecule has 0 spiro atoms. The number of halogens is 3. The van der Waals surface area contributed by atoms with Crippen molar-refractivity contribution in [3.63, 3.8) is 0 Å². The van der Waals surface area contributed by atoms with Gasteiger partial charge < -0.3 is 14.6 Å². The third-order valence-corrected chi connectivity index (χ3v) is 5.32. The molecule has 0 aliphatic heterocycles. The predicted molar refractivity (Wildman–Crippen MR) is 130 cm³/mol. The molecule has 0 fully saturated rings. The molecule has 1 atom stereocenters. The first-order valence-corrected chi connectivity index (χ1v) is 11.2. The normalized spacial score (nSPS) is 12.4. The minimum Gasteiger partial charge on any atom is -0.491 e. The van der Waals surface area contributed by atoms with Gasteiger partial charge in [0.1, 0.15) is 18.5 Å². The average molecular weight is 487 g/mol. The summed E-state index contributed by atoms with van der Waals surface area (Å²) >= 11 is 0. The van der Waals surface area contributed by atoms with Crippen molar-refractivity contribution in [1.82, 2.24) is 4.90 Å². The molecule has 0 radical (unpaired) electrons. The van der Waals surface area contributed by atoms with Gasteiger partial charge in [-0.15, -0.1) is 0 Å². The van der Waals surface area contributed by atoms with Gasteiger partial charge in [0.05, 0.1) is 12.2 Å². The van der Waals surface area contributed by atoms with Crippen LogP contribution in [0.4, 0.5) is 13.2 Å². The van der Waals surface area contributed by atoms with Gasteiger partial charge in [0.25, 0.3) is 0 Å². The van der Waals surface area contributed by atoms with Gasteiger partial charge in [-0.05, 0) is 61.0 Å². The number of hydrogen-bond donors (Lipinski definition) is 2. The molecule has 186 valence electrons. The summed E-state index contributed by atoms with van der Waals surface area (Å²) in [6, 6.07) is 19.4. The lowest BCUT2D eigenvalue weighted by Gasteiger charge is -2.21. The summed E-state index contributed by atoms with van der Waals surface area (Å²) in [7, 11) is 1.85. The monoisotopic (exact) mass is 486 g/mol. The zero-order chi connectivity index (χ0) is 25.4. The number of alkyl halides is 3. The maximum absolute atomic E-state index is 13.3. The highest BCUT2D eigenvalue weighted by Crippen LogP contribution is 2.36. The first kappa shape index (κ1) is 26.2. The van der Waals surface area contributed by atoms with E-state index in [1.807, 2.05) is 18.9 Å². The molecule has 0 aromatic heterocycles. The second kappa shape index (κ2) is 11.9. The number of aliphatic hydroxyl groups is 1. The Morgan fingerprint density at radius 3 is 2.29 bits per heavy atom. The fraction of sp³-hybridized carbons (Fsp3) is 0.296. The minimum absolute atomic E-state index is 0.0957. The Balaban J connectivity index is 1.51. The van der Waals surface area contributed by atoms with E-state index in [9.17, 15) is 18.3 Å². The second-order valence-corrected chi connectivity index (χ2v) is 8.19. The zero-order valence-electron chi connectivity index (χ0n) is 19.7. The van der Waals surface area contributed by atoms with Crippen LogP contribution >= 0.6 is 0 Å². The molecular weight excluding hydrogens is 457 g/mol. The fourth-order valence-electron chi connectivity index (χ4n) is 3.68. The minimum atomic E-state index is -4.41. The van der Waals surface area contributed by atoms with Crippen molar-refractivity contribution in [3.8, 4) is 16.9 Å². The summed E-state index contributed by atoms with van der Waals surface area (Å²) in [6.07, 6.45) is -5.15. The molecule has 0 bridgehead atoms. The van der Waals surface area contributed by atoms with E-state index in [1.54, 1.807) is 54.6 Å². The number of hydrogen-bond acceptors (Lipinski definition) is 5. The molecule has 0 amide bonds. The number of aliphatic hydroxyl groups excluding tert-OH is 1. The Kier molecular flexibility index (Phi) is 8.89. The summed E-state index contributed by atoms with van der Waals surface area (Å²) in [5, 5.41) is 18.1. The first-order chi connectivity index (χ1) is 16.7. The van der Waals surface area contributed by atoms with Crippen LogP contribution in [-0.4, -0.2) is 48.8 Å². The van der Waals surface area contributed by atoms with Gasteiger partial charge in [-0.1, -0.05) is 42.5 Å². The summed E-state index contributed by atoms with van der Waals surface area (Å²) < 4.78 is 50.7. The third kappa shape index (κ3) is 7.56. The average Bonchev–Trinajstić information content (AvgIpc) is 2.83. The molecule has 0 saturated carbocycles. The molecule has 0 heterocycles. The predicted octanol–water partition coefficient (Wildman–Crippen LogP) is 5.61. The van der Waals surface area contributed by atoms with Crippen molar-refractivity contribution < 1.29 is 27.8 Å². The number of benzene rings is 3. The van der Waals surface area contributed by atoms with Crippen LogP contribution in [0.15, 0.2) is 72.8 Å². The van der Waals surface area contributed by atoms with Crippen LogP contribution in [0.2, 0.25) is 0 Å². The highest BCUT2D eigenvalue weighted by Gasteiger charge is 2.33. The van der Waals surface area contributed by atoms with Gasteiger partial charge in [-0.25, -0.2) is 0 Å². The van der Waals surface area contributed by atoms with Gasteiger partial charge >= 0.3 is 6.18 Å². The molecule has 0 saturated heterocycles. The van der Waals surface area contributed by atoms with Crippen molar-refractivity contribution in [3.05, 3.63) is 89.5 Å². The molecular formula is C27H29F3N2O3. The number of nitrogens with zero attached hydrogens (tertiary/aromatic N) is 1. The smallest absolute Gasteiger partial charge is 0.417 e.